The van der Waals surface area contributed by atoms with Crippen molar-refractivity contribution in [3.8, 4) is 0 Å². The van der Waals surface area contributed by atoms with Crippen LogP contribution in [0.4, 0.5) is 5.69 Å². The lowest BCUT2D eigenvalue weighted by molar-refractivity contribution is -0.140. The Labute approximate surface area is 222 Å². The van der Waals surface area contributed by atoms with Crippen LogP contribution in [0.1, 0.15) is 34.8 Å². The molecule has 1 atom stereocenters. The SMILES string of the molecule is CCCNC(=O)[C@@H](Cc1ccccc1)N(Cc1ccccc1)C(=O)CN1C(=O)c2cccc3cccc1c23. The summed E-state index contributed by atoms with van der Waals surface area (Å²) in [6.07, 6.45) is 1.17. The van der Waals surface area contributed by atoms with Gasteiger partial charge in [-0.1, -0.05) is 91.9 Å². The van der Waals surface area contributed by atoms with Crippen LogP contribution in [0.15, 0.2) is 97.1 Å². The monoisotopic (exact) mass is 505 g/mol. The molecule has 4 aromatic rings. The van der Waals surface area contributed by atoms with Crippen molar-refractivity contribution in [2.45, 2.75) is 32.4 Å². The Morgan fingerprint density at radius 1 is 0.842 bits per heavy atom. The molecule has 38 heavy (non-hydrogen) atoms. The Kier molecular flexibility index (Phi) is 7.50. The highest BCUT2D eigenvalue weighted by atomic mass is 16.2. The van der Waals surface area contributed by atoms with Crippen molar-refractivity contribution in [1.82, 2.24) is 10.2 Å². The fraction of sp³-hybridized carbons (Fsp3) is 0.219. The quantitative estimate of drug-likeness (QED) is 0.331. The average molecular weight is 506 g/mol. The molecule has 0 aromatic heterocycles. The molecular weight excluding hydrogens is 474 g/mol. The number of benzene rings is 4. The molecule has 1 aliphatic heterocycles. The first-order chi connectivity index (χ1) is 18.6. The number of amides is 3. The second-order valence-electron chi connectivity index (χ2n) is 9.58. The lowest BCUT2D eigenvalue weighted by Gasteiger charge is -2.33. The molecular formula is C32H31N3O3. The van der Waals surface area contributed by atoms with E-state index in [9.17, 15) is 14.4 Å². The number of hydrogen-bond donors (Lipinski definition) is 1. The predicted octanol–water partition coefficient (Wildman–Crippen LogP) is 4.97. The molecule has 0 unspecified atom stereocenters. The van der Waals surface area contributed by atoms with E-state index in [0.717, 1.165) is 34.0 Å². The summed E-state index contributed by atoms with van der Waals surface area (Å²) in [6.45, 7) is 2.64. The smallest absolute Gasteiger partial charge is 0.259 e. The normalized spacial score (nSPS) is 13.0. The second kappa shape index (κ2) is 11.3. The number of nitrogens with one attached hydrogen (secondary N) is 1. The molecule has 1 heterocycles. The molecule has 6 nitrogen and oxygen atoms in total. The lowest BCUT2D eigenvalue weighted by Crippen LogP contribution is -2.53. The van der Waals surface area contributed by atoms with Crippen LogP contribution >= 0.6 is 0 Å². The molecule has 1 aliphatic rings. The zero-order valence-electron chi connectivity index (χ0n) is 21.5. The fourth-order valence-corrected chi connectivity index (χ4v) is 5.06. The topological polar surface area (TPSA) is 69.7 Å². The Morgan fingerprint density at radius 3 is 2.18 bits per heavy atom. The predicted molar refractivity (Wildman–Crippen MR) is 150 cm³/mol. The summed E-state index contributed by atoms with van der Waals surface area (Å²) in [5, 5.41) is 4.82. The number of anilines is 1. The third-order valence-electron chi connectivity index (χ3n) is 6.96. The van der Waals surface area contributed by atoms with Gasteiger partial charge in [0.1, 0.15) is 12.6 Å². The number of rotatable bonds is 10. The maximum absolute atomic E-state index is 14.1. The highest BCUT2D eigenvalue weighted by molar-refractivity contribution is 6.26. The Balaban J connectivity index is 1.49. The van der Waals surface area contributed by atoms with Gasteiger partial charge in [-0.3, -0.25) is 19.3 Å². The number of carbonyl (C=O) groups excluding carboxylic acids is 3. The molecule has 1 N–H and O–H groups in total. The molecule has 0 saturated heterocycles. The summed E-state index contributed by atoms with van der Waals surface area (Å²) in [5.74, 6) is -0.669. The van der Waals surface area contributed by atoms with Gasteiger partial charge in [-0.2, -0.15) is 0 Å². The van der Waals surface area contributed by atoms with Gasteiger partial charge in [-0.25, -0.2) is 0 Å². The third-order valence-corrected chi connectivity index (χ3v) is 6.96. The van der Waals surface area contributed by atoms with E-state index in [4.69, 9.17) is 0 Å². The van der Waals surface area contributed by atoms with E-state index in [1.165, 1.54) is 0 Å². The molecule has 0 aliphatic carbocycles. The zero-order valence-corrected chi connectivity index (χ0v) is 21.5. The molecule has 0 spiro atoms. The van der Waals surface area contributed by atoms with Crippen LogP contribution < -0.4 is 10.2 Å². The molecule has 3 amide bonds. The minimum absolute atomic E-state index is 0.147. The molecule has 0 bridgehead atoms. The van der Waals surface area contributed by atoms with Crippen molar-refractivity contribution in [3.05, 3.63) is 114 Å². The Morgan fingerprint density at radius 2 is 1.50 bits per heavy atom. The molecule has 6 heteroatoms. The molecule has 5 rings (SSSR count). The van der Waals surface area contributed by atoms with Crippen molar-refractivity contribution < 1.29 is 14.4 Å². The summed E-state index contributed by atoms with van der Waals surface area (Å²) in [4.78, 5) is 44.1. The third kappa shape index (κ3) is 5.16. The minimum atomic E-state index is -0.729. The van der Waals surface area contributed by atoms with Crippen molar-refractivity contribution in [1.29, 1.82) is 0 Å². The van der Waals surface area contributed by atoms with E-state index < -0.39 is 6.04 Å². The van der Waals surface area contributed by atoms with E-state index >= 15 is 0 Å². The molecule has 0 saturated carbocycles. The van der Waals surface area contributed by atoms with Crippen molar-refractivity contribution in [2.24, 2.45) is 0 Å². The van der Waals surface area contributed by atoms with Gasteiger partial charge in [-0.15, -0.1) is 0 Å². The first-order valence-corrected chi connectivity index (χ1v) is 13.1. The van der Waals surface area contributed by atoms with Crippen LogP contribution in [0.25, 0.3) is 10.8 Å². The van der Waals surface area contributed by atoms with E-state index in [2.05, 4.69) is 5.32 Å². The van der Waals surface area contributed by atoms with E-state index in [1.807, 2.05) is 97.9 Å². The van der Waals surface area contributed by atoms with Gasteiger partial charge in [0.25, 0.3) is 5.91 Å². The maximum atomic E-state index is 14.1. The zero-order chi connectivity index (χ0) is 26.5. The van der Waals surface area contributed by atoms with Crippen LogP contribution in [-0.2, 0) is 22.6 Å². The van der Waals surface area contributed by atoms with Crippen molar-refractivity contribution in [2.75, 3.05) is 18.0 Å². The minimum Gasteiger partial charge on any atom is -0.354 e. The molecule has 0 radical (unpaired) electrons. The van der Waals surface area contributed by atoms with Crippen molar-refractivity contribution >= 4 is 34.2 Å². The fourth-order valence-electron chi connectivity index (χ4n) is 5.06. The second-order valence-corrected chi connectivity index (χ2v) is 9.58. The summed E-state index contributed by atoms with van der Waals surface area (Å²) < 4.78 is 0. The summed E-state index contributed by atoms with van der Waals surface area (Å²) in [5.41, 5.74) is 3.21. The Bertz CT molecular complexity index is 1450. The molecule has 0 fully saturated rings. The van der Waals surface area contributed by atoms with Crippen LogP contribution in [0, 0.1) is 0 Å². The number of nitrogens with zero attached hydrogens (tertiary/aromatic N) is 2. The van der Waals surface area contributed by atoms with Crippen LogP contribution in [0.5, 0.6) is 0 Å². The van der Waals surface area contributed by atoms with Gasteiger partial charge >= 0.3 is 0 Å². The summed E-state index contributed by atoms with van der Waals surface area (Å²) in [7, 11) is 0. The Hall–Kier alpha value is -4.45. The highest BCUT2D eigenvalue weighted by Gasteiger charge is 2.35. The van der Waals surface area contributed by atoms with Crippen LogP contribution in [0.2, 0.25) is 0 Å². The summed E-state index contributed by atoms with van der Waals surface area (Å²) >= 11 is 0. The van der Waals surface area contributed by atoms with E-state index in [0.29, 0.717) is 18.5 Å². The van der Waals surface area contributed by atoms with Gasteiger partial charge in [0.2, 0.25) is 11.8 Å². The van der Waals surface area contributed by atoms with Gasteiger partial charge in [0, 0.05) is 30.5 Å². The van der Waals surface area contributed by atoms with Crippen LogP contribution in [-0.4, -0.2) is 41.8 Å². The first kappa shape index (κ1) is 25.2. The van der Waals surface area contributed by atoms with E-state index in [-0.39, 0.29) is 30.8 Å². The number of carbonyl (C=O) groups is 3. The molecule has 4 aromatic carbocycles. The summed E-state index contributed by atoms with van der Waals surface area (Å²) in [6, 6.07) is 30.0. The largest absolute Gasteiger partial charge is 0.354 e. The maximum Gasteiger partial charge on any atom is 0.259 e. The molecule has 192 valence electrons. The van der Waals surface area contributed by atoms with Crippen molar-refractivity contribution in [3.63, 3.8) is 0 Å². The standard InChI is InChI=1S/C32H31N3O3/c1-2-19-33-31(37)28(20-23-11-5-3-6-12-23)34(21-24-13-7-4-8-14-24)29(36)22-35-27-18-10-16-25-15-9-17-26(30(25)27)32(35)38/h3-18,28H,2,19-22H2,1H3,(H,33,37)/t28-/m1/s1. The first-order valence-electron chi connectivity index (χ1n) is 13.1. The van der Waals surface area contributed by atoms with Gasteiger partial charge in [-0.05, 0) is 35.1 Å². The van der Waals surface area contributed by atoms with Gasteiger partial charge in [0.05, 0.1) is 5.69 Å². The number of hydrogen-bond acceptors (Lipinski definition) is 3. The lowest BCUT2D eigenvalue weighted by atomic mass is 10.0. The van der Waals surface area contributed by atoms with Gasteiger partial charge < -0.3 is 10.2 Å². The van der Waals surface area contributed by atoms with Crippen LogP contribution in [0.3, 0.4) is 0 Å². The highest BCUT2D eigenvalue weighted by Crippen LogP contribution is 2.37. The average Bonchev–Trinajstić information content (AvgIpc) is 3.22. The van der Waals surface area contributed by atoms with Gasteiger partial charge in [0.15, 0.2) is 0 Å². The van der Waals surface area contributed by atoms with E-state index in [1.54, 1.807) is 15.9 Å².